The van der Waals surface area contributed by atoms with Crippen LogP contribution in [-0.2, 0) is 0 Å². The Balaban J connectivity index is 3.07. The van der Waals surface area contributed by atoms with Crippen LogP contribution < -0.4 is 0 Å². The van der Waals surface area contributed by atoms with Gasteiger partial charge in [-0.1, -0.05) is 22.0 Å². The second kappa shape index (κ2) is 4.53. The van der Waals surface area contributed by atoms with Crippen molar-refractivity contribution in [2.75, 3.05) is 6.61 Å². The summed E-state index contributed by atoms with van der Waals surface area (Å²) in [7, 11) is 0. The Kier molecular flexibility index (Phi) is 3.63. The zero-order valence-electron chi connectivity index (χ0n) is 7.22. The lowest BCUT2D eigenvalue weighted by atomic mass is 10.1. The van der Waals surface area contributed by atoms with Crippen LogP contribution in [0.2, 0.25) is 0 Å². The summed E-state index contributed by atoms with van der Waals surface area (Å²) in [5.74, 6) is -0.281. The van der Waals surface area contributed by atoms with Gasteiger partial charge >= 0.3 is 0 Å². The van der Waals surface area contributed by atoms with Crippen LogP contribution in [0.4, 0.5) is 4.39 Å². The minimum Gasteiger partial charge on any atom is -0.392 e. The first-order valence-corrected chi connectivity index (χ1v) is 4.66. The van der Waals surface area contributed by atoms with Crippen molar-refractivity contribution < 1.29 is 9.50 Å². The average Bonchev–Trinajstić information content (AvgIpc) is 2.11. The summed E-state index contributed by atoms with van der Waals surface area (Å²) in [4.78, 5) is 0. The van der Waals surface area contributed by atoms with E-state index in [9.17, 15) is 4.39 Å². The maximum atomic E-state index is 13.1. The predicted octanol–water partition coefficient (Wildman–Crippen LogP) is 2.98. The number of halogens is 2. The van der Waals surface area contributed by atoms with E-state index in [-0.39, 0.29) is 12.4 Å². The summed E-state index contributed by atoms with van der Waals surface area (Å²) in [6, 6.07) is 4.70. The van der Waals surface area contributed by atoms with E-state index in [0.717, 1.165) is 10.0 Å². The van der Waals surface area contributed by atoms with Gasteiger partial charge in [-0.05, 0) is 30.7 Å². The molecule has 0 radical (unpaired) electrons. The van der Waals surface area contributed by atoms with Gasteiger partial charge in [0.05, 0.1) is 6.61 Å². The van der Waals surface area contributed by atoms with Gasteiger partial charge < -0.3 is 5.11 Å². The average molecular weight is 245 g/mol. The molecule has 1 nitrogen and oxygen atoms in total. The van der Waals surface area contributed by atoms with Crippen LogP contribution in [-0.4, -0.2) is 11.7 Å². The number of hydrogen-bond donors (Lipinski definition) is 1. The van der Waals surface area contributed by atoms with E-state index in [1.165, 1.54) is 6.07 Å². The number of hydrogen-bond acceptors (Lipinski definition) is 1. The standard InChI is InChI=1S/C10H10BrFO/c1-7(6-13)4-8-5-9(11)2-3-10(8)12/h2-5,13H,6H2,1H3. The maximum Gasteiger partial charge on any atom is 0.130 e. The number of aliphatic hydroxyl groups excluding tert-OH is 1. The lowest BCUT2D eigenvalue weighted by Crippen LogP contribution is -1.87. The van der Waals surface area contributed by atoms with Gasteiger partial charge in [0.2, 0.25) is 0 Å². The van der Waals surface area contributed by atoms with E-state index in [0.29, 0.717) is 5.56 Å². The molecule has 0 heterocycles. The summed E-state index contributed by atoms with van der Waals surface area (Å²) in [5, 5.41) is 8.75. The highest BCUT2D eigenvalue weighted by molar-refractivity contribution is 9.10. The minimum atomic E-state index is -0.281. The Hall–Kier alpha value is -0.670. The highest BCUT2D eigenvalue weighted by Gasteiger charge is 1.99. The maximum absolute atomic E-state index is 13.1. The Labute approximate surface area is 85.0 Å². The summed E-state index contributed by atoms with van der Waals surface area (Å²) in [5.41, 5.74) is 1.22. The quantitative estimate of drug-likeness (QED) is 0.849. The Bertz CT molecular complexity index is 334. The third-order valence-corrected chi connectivity index (χ3v) is 2.10. The largest absolute Gasteiger partial charge is 0.392 e. The van der Waals surface area contributed by atoms with Crippen molar-refractivity contribution in [1.29, 1.82) is 0 Å². The second-order valence-electron chi connectivity index (χ2n) is 2.81. The molecule has 3 heteroatoms. The van der Waals surface area contributed by atoms with E-state index in [1.54, 1.807) is 25.1 Å². The Morgan fingerprint density at radius 2 is 2.31 bits per heavy atom. The summed E-state index contributed by atoms with van der Waals surface area (Å²) >= 11 is 3.25. The summed E-state index contributed by atoms with van der Waals surface area (Å²) in [6.45, 7) is 1.70. The normalized spacial score (nSPS) is 11.8. The molecule has 0 aliphatic carbocycles. The fourth-order valence-electron chi connectivity index (χ4n) is 0.936. The van der Waals surface area contributed by atoms with Crippen molar-refractivity contribution >= 4 is 22.0 Å². The molecule has 0 fully saturated rings. The number of rotatable bonds is 2. The van der Waals surface area contributed by atoms with Crippen molar-refractivity contribution in [3.05, 3.63) is 39.6 Å². The van der Waals surface area contributed by atoms with E-state index < -0.39 is 0 Å². The third-order valence-electron chi connectivity index (χ3n) is 1.61. The highest BCUT2D eigenvalue weighted by Crippen LogP contribution is 2.17. The molecule has 1 aromatic rings. The summed E-state index contributed by atoms with van der Waals surface area (Å²) in [6.07, 6.45) is 1.63. The number of aliphatic hydroxyl groups is 1. The molecule has 1 aromatic carbocycles. The molecule has 0 aliphatic heterocycles. The van der Waals surface area contributed by atoms with Crippen LogP contribution in [0, 0.1) is 5.82 Å². The highest BCUT2D eigenvalue weighted by atomic mass is 79.9. The fourth-order valence-corrected chi connectivity index (χ4v) is 1.32. The van der Waals surface area contributed by atoms with Crippen LogP contribution in [0.1, 0.15) is 12.5 Å². The first kappa shape index (κ1) is 10.4. The molecule has 1 rings (SSSR count). The Morgan fingerprint density at radius 3 is 2.92 bits per heavy atom. The molecule has 0 aromatic heterocycles. The van der Waals surface area contributed by atoms with Crippen LogP contribution >= 0.6 is 15.9 Å². The molecule has 0 saturated carbocycles. The fraction of sp³-hybridized carbons (Fsp3) is 0.200. The van der Waals surface area contributed by atoms with Gasteiger partial charge in [-0.2, -0.15) is 0 Å². The molecule has 70 valence electrons. The third kappa shape index (κ3) is 2.94. The molecule has 1 N–H and O–H groups in total. The van der Waals surface area contributed by atoms with E-state index >= 15 is 0 Å². The Morgan fingerprint density at radius 1 is 1.62 bits per heavy atom. The monoisotopic (exact) mass is 244 g/mol. The minimum absolute atomic E-state index is 0.0496. The molecule has 13 heavy (non-hydrogen) atoms. The lowest BCUT2D eigenvalue weighted by molar-refractivity contribution is 0.332. The molecule has 0 amide bonds. The molecule has 0 saturated heterocycles. The lowest BCUT2D eigenvalue weighted by Gasteiger charge is -1.99. The molecule has 0 aliphatic rings. The van der Waals surface area contributed by atoms with Gasteiger partial charge in [-0.15, -0.1) is 0 Å². The van der Waals surface area contributed by atoms with Gasteiger partial charge in [0.1, 0.15) is 5.82 Å². The van der Waals surface area contributed by atoms with Crippen molar-refractivity contribution in [3.8, 4) is 0 Å². The summed E-state index contributed by atoms with van der Waals surface area (Å²) < 4.78 is 13.9. The smallest absolute Gasteiger partial charge is 0.130 e. The van der Waals surface area contributed by atoms with Gasteiger partial charge in [-0.3, -0.25) is 0 Å². The first-order chi connectivity index (χ1) is 6.13. The van der Waals surface area contributed by atoms with Gasteiger partial charge in [0.25, 0.3) is 0 Å². The molecule has 0 atom stereocenters. The van der Waals surface area contributed by atoms with E-state index in [4.69, 9.17) is 5.11 Å². The van der Waals surface area contributed by atoms with E-state index in [2.05, 4.69) is 15.9 Å². The van der Waals surface area contributed by atoms with Gasteiger partial charge in [0.15, 0.2) is 0 Å². The van der Waals surface area contributed by atoms with Gasteiger partial charge in [-0.25, -0.2) is 4.39 Å². The molecule has 0 unspecified atom stereocenters. The second-order valence-corrected chi connectivity index (χ2v) is 3.73. The van der Waals surface area contributed by atoms with Crippen LogP contribution in [0.15, 0.2) is 28.2 Å². The zero-order valence-corrected chi connectivity index (χ0v) is 8.81. The van der Waals surface area contributed by atoms with Crippen molar-refractivity contribution in [2.45, 2.75) is 6.92 Å². The first-order valence-electron chi connectivity index (χ1n) is 3.86. The molecular formula is C10H10BrFO. The molecule has 0 spiro atoms. The predicted molar refractivity (Wildman–Crippen MR) is 54.8 cm³/mol. The van der Waals surface area contributed by atoms with Crippen LogP contribution in [0.25, 0.3) is 6.08 Å². The van der Waals surface area contributed by atoms with Crippen LogP contribution in [0.3, 0.4) is 0 Å². The van der Waals surface area contributed by atoms with Crippen molar-refractivity contribution in [3.63, 3.8) is 0 Å². The van der Waals surface area contributed by atoms with E-state index in [1.807, 2.05) is 0 Å². The number of benzene rings is 1. The van der Waals surface area contributed by atoms with Gasteiger partial charge in [0, 0.05) is 10.0 Å². The molecular weight excluding hydrogens is 235 g/mol. The topological polar surface area (TPSA) is 20.2 Å². The zero-order chi connectivity index (χ0) is 9.84. The molecule has 0 bridgehead atoms. The SMILES string of the molecule is CC(=Cc1cc(Br)ccc1F)CO. The van der Waals surface area contributed by atoms with Crippen LogP contribution in [0.5, 0.6) is 0 Å². The van der Waals surface area contributed by atoms with Crippen molar-refractivity contribution in [1.82, 2.24) is 0 Å². The van der Waals surface area contributed by atoms with Crippen molar-refractivity contribution in [2.24, 2.45) is 0 Å².